The number of hydrogen-bond acceptors (Lipinski definition) is 5. The van der Waals surface area contributed by atoms with Crippen LogP contribution >= 0.6 is 23.1 Å². The van der Waals surface area contributed by atoms with Crippen LogP contribution < -0.4 is 10.9 Å². The number of thioether (sulfide) groups is 1. The molecule has 0 spiro atoms. The van der Waals surface area contributed by atoms with Crippen LogP contribution in [0.25, 0.3) is 10.2 Å². The van der Waals surface area contributed by atoms with Gasteiger partial charge in [-0.1, -0.05) is 41.6 Å². The number of hydrogen-bond donors (Lipinski definition) is 1. The van der Waals surface area contributed by atoms with Crippen molar-refractivity contribution in [1.29, 1.82) is 0 Å². The molecule has 0 saturated heterocycles. The molecule has 1 amide bonds. The van der Waals surface area contributed by atoms with Gasteiger partial charge in [-0.05, 0) is 54.6 Å². The number of benzene rings is 2. The SMILES string of the molecule is Cc1ccc(NC(=O)CSc2nc3ccsc3c(=O)n2Cc2ccc(F)cc2)c(C)c1. The van der Waals surface area contributed by atoms with Crippen LogP contribution in [0.2, 0.25) is 0 Å². The third kappa shape index (κ3) is 4.86. The average Bonchev–Trinajstić information content (AvgIpc) is 3.21. The van der Waals surface area contributed by atoms with Gasteiger partial charge in [0, 0.05) is 5.69 Å². The smallest absolute Gasteiger partial charge is 0.272 e. The Balaban J connectivity index is 1.57. The Morgan fingerprint density at radius 3 is 2.68 bits per heavy atom. The summed E-state index contributed by atoms with van der Waals surface area (Å²) in [4.78, 5) is 30.2. The lowest BCUT2D eigenvalue weighted by atomic mass is 10.1. The zero-order valence-corrected chi connectivity index (χ0v) is 18.6. The number of amides is 1. The molecule has 4 rings (SSSR count). The molecule has 31 heavy (non-hydrogen) atoms. The zero-order chi connectivity index (χ0) is 22.0. The van der Waals surface area contributed by atoms with E-state index in [0.29, 0.717) is 15.4 Å². The summed E-state index contributed by atoms with van der Waals surface area (Å²) in [5, 5.41) is 5.19. The summed E-state index contributed by atoms with van der Waals surface area (Å²) in [6.07, 6.45) is 0. The van der Waals surface area contributed by atoms with Crippen LogP contribution in [0.1, 0.15) is 16.7 Å². The van der Waals surface area contributed by atoms with E-state index in [2.05, 4.69) is 10.3 Å². The van der Waals surface area contributed by atoms with E-state index in [1.165, 1.54) is 35.2 Å². The fraction of sp³-hybridized carbons (Fsp3) is 0.174. The third-order valence-electron chi connectivity index (χ3n) is 4.77. The van der Waals surface area contributed by atoms with Gasteiger partial charge in [-0.3, -0.25) is 14.2 Å². The molecule has 2 heterocycles. The first kappa shape index (κ1) is 21.3. The van der Waals surface area contributed by atoms with Crippen LogP contribution in [-0.4, -0.2) is 21.2 Å². The molecule has 0 saturated carbocycles. The van der Waals surface area contributed by atoms with Gasteiger partial charge in [0.2, 0.25) is 5.91 Å². The molecule has 8 heteroatoms. The molecule has 0 atom stereocenters. The summed E-state index contributed by atoms with van der Waals surface area (Å²) in [5.41, 5.74) is 4.11. The molecule has 158 valence electrons. The molecule has 0 aliphatic rings. The lowest BCUT2D eigenvalue weighted by molar-refractivity contribution is -0.113. The molecule has 2 aromatic carbocycles. The zero-order valence-electron chi connectivity index (χ0n) is 17.0. The fourth-order valence-corrected chi connectivity index (χ4v) is 4.79. The second-order valence-electron chi connectivity index (χ2n) is 7.20. The van der Waals surface area contributed by atoms with E-state index in [1.807, 2.05) is 37.4 Å². The van der Waals surface area contributed by atoms with Gasteiger partial charge in [-0.15, -0.1) is 11.3 Å². The minimum Gasteiger partial charge on any atom is -0.325 e. The van der Waals surface area contributed by atoms with Crippen molar-refractivity contribution in [2.24, 2.45) is 0 Å². The van der Waals surface area contributed by atoms with Crippen molar-refractivity contribution < 1.29 is 9.18 Å². The molecule has 0 unspecified atom stereocenters. The highest BCUT2D eigenvalue weighted by Gasteiger charge is 2.15. The van der Waals surface area contributed by atoms with Gasteiger partial charge in [0.1, 0.15) is 10.5 Å². The maximum atomic E-state index is 13.3. The topological polar surface area (TPSA) is 64.0 Å². The summed E-state index contributed by atoms with van der Waals surface area (Å²) in [5.74, 6) is -0.399. The quantitative estimate of drug-likeness (QED) is 0.330. The van der Waals surface area contributed by atoms with E-state index in [-0.39, 0.29) is 29.6 Å². The van der Waals surface area contributed by atoms with Crippen molar-refractivity contribution >= 4 is 44.9 Å². The normalized spacial score (nSPS) is 11.1. The van der Waals surface area contributed by atoms with E-state index in [1.54, 1.807) is 22.8 Å². The second-order valence-corrected chi connectivity index (χ2v) is 9.06. The first-order valence-corrected chi connectivity index (χ1v) is 11.5. The highest BCUT2D eigenvalue weighted by Crippen LogP contribution is 2.23. The molecule has 1 N–H and O–H groups in total. The number of carbonyl (C=O) groups is 1. The van der Waals surface area contributed by atoms with Crippen molar-refractivity contribution in [2.45, 2.75) is 25.5 Å². The molecule has 2 aromatic heterocycles. The second kappa shape index (κ2) is 9.03. The van der Waals surface area contributed by atoms with E-state index in [4.69, 9.17) is 0 Å². The molecule has 4 aromatic rings. The lowest BCUT2D eigenvalue weighted by Crippen LogP contribution is -2.24. The molecule has 0 radical (unpaired) electrons. The van der Waals surface area contributed by atoms with Crippen LogP contribution in [0.4, 0.5) is 10.1 Å². The molecule has 0 fully saturated rings. The number of carbonyl (C=O) groups excluding carboxylic acids is 1. The molecule has 0 bridgehead atoms. The number of nitrogens with one attached hydrogen (secondary N) is 1. The van der Waals surface area contributed by atoms with E-state index < -0.39 is 0 Å². The number of halogens is 1. The first-order valence-electron chi connectivity index (χ1n) is 9.63. The Hall–Kier alpha value is -2.97. The molecule has 0 aliphatic heterocycles. The number of thiophene rings is 1. The summed E-state index contributed by atoms with van der Waals surface area (Å²) >= 11 is 2.54. The van der Waals surface area contributed by atoms with Gasteiger partial charge in [0.05, 0.1) is 17.8 Å². The predicted molar refractivity (Wildman–Crippen MR) is 125 cm³/mol. The van der Waals surface area contributed by atoms with Crippen molar-refractivity contribution in [3.63, 3.8) is 0 Å². The Bertz CT molecular complexity index is 1310. The van der Waals surface area contributed by atoms with Gasteiger partial charge < -0.3 is 5.32 Å². The molecule has 0 aliphatic carbocycles. The standard InChI is InChI=1S/C23H20FN3O2S2/c1-14-3-8-18(15(2)11-14)25-20(28)13-31-23-26-19-9-10-30-21(19)22(29)27(23)12-16-4-6-17(24)7-5-16/h3-11H,12-13H2,1-2H3,(H,25,28). The monoisotopic (exact) mass is 453 g/mol. The van der Waals surface area contributed by atoms with Crippen LogP contribution in [0.3, 0.4) is 0 Å². The van der Waals surface area contributed by atoms with Gasteiger partial charge in [0.25, 0.3) is 5.56 Å². The van der Waals surface area contributed by atoms with Crippen molar-refractivity contribution in [1.82, 2.24) is 9.55 Å². The van der Waals surface area contributed by atoms with Gasteiger partial charge in [-0.25, -0.2) is 9.37 Å². The maximum absolute atomic E-state index is 13.3. The summed E-state index contributed by atoms with van der Waals surface area (Å²) < 4.78 is 15.4. The van der Waals surface area contributed by atoms with Gasteiger partial charge in [0.15, 0.2) is 5.16 Å². The third-order valence-corrected chi connectivity index (χ3v) is 6.64. The molecular weight excluding hydrogens is 433 g/mol. The number of anilines is 1. The number of nitrogens with zero attached hydrogens (tertiary/aromatic N) is 2. The molecule has 5 nitrogen and oxygen atoms in total. The Labute approximate surface area is 187 Å². The first-order chi connectivity index (χ1) is 14.9. The highest BCUT2D eigenvalue weighted by atomic mass is 32.2. The van der Waals surface area contributed by atoms with Crippen molar-refractivity contribution in [2.75, 3.05) is 11.1 Å². The van der Waals surface area contributed by atoms with E-state index in [9.17, 15) is 14.0 Å². The van der Waals surface area contributed by atoms with Crippen LogP contribution in [-0.2, 0) is 11.3 Å². The fourth-order valence-electron chi connectivity index (χ4n) is 3.22. The van der Waals surface area contributed by atoms with Gasteiger partial charge >= 0.3 is 0 Å². The Kier molecular flexibility index (Phi) is 6.20. The van der Waals surface area contributed by atoms with Crippen LogP contribution in [0.15, 0.2) is 63.9 Å². The average molecular weight is 454 g/mol. The predicted octanol–water partition coefficient (Wildman–Crippen LogP) is 4.99. The highest BCUT2D eigenvalue weighted by molar-refractivity contribution is 7.99. The molecular formula is C23H20FN3O2S2. The van der Waals surface area contributed by atoms with Crippen molar-refractivity contribution in [3.05, 3.63) is 86.8 Å². The van der Waals surface area contributed by atoms with Crippen LogP contribution in [0.5, 0.6) is 0 Å². The van der Waals surface area contributed by atoms with Crippen LogP contribution in [0, 0.1) is 19.7 Å². The number of rotatable bonds is 6. The maximum Gasteiger partial charge on any atom is 0.272 e. The number of fused-ring (bicyclic) bond motifs is 1. The number of aromatic nitrogens is 2. The van der Waals surface area contributed by atoms with E-state index >= 15 is 0 Å². The minimum absolute atomic E-state index is 0.110. The summed E-state index contributed by atoms with van der Waals surface area (Å²) in [6.45, 7) is 4.20. The van der Waals surface area contributed by atoms with E-state index in [0.717, 1.165) is 22.4 Å². The Morgan fingerprint density at radius 2 is 1.94 bits per heavy atom. The largest absolute Gasteiger partial charge is 0.325 e. The summed E-state index contributed by atoms with van der Waals surface area (Å²) in [7, 11) is 0. The minimum atomic E-state index is -0.333. The Morgan fingerprint density at radius 1 is 1.16 bits per heavy atom. The number of aryl methyl sites for hydroxylation is 2. The lowest BCUT2D eigenvalue weighted by Gasteiger charge is -2.13. The summed E-state index contributed by atoms with van der Waals surface area (Å²) in [6, 6.07) is 13.6. The van der Waals surface area contributed by atoms with Gasteiger partial charge in [-0.2, -0.15) is 0 Å². The van der Waals surface area contributed by atoms with Crippen molar-refractivity contribution in [3.8, 4) is 0 Å².